The summed E-state index contributed by atoms with van der Waals surface area (Å²) in [5.41, 5.74) is 0.613. The standard InChI is InChI=1S/C10H10BrN3O3/c1-3-17-10(16)6-4-12-14-7(6)9(15)13-5(2)8(14)11/h4H,3H2,1-2H3,(H,13,15). The number of esters is 1. The summed E-state index contributed by atoms with van der Waals surface area (Å²) in [6, 6.07) is 0. The van der Waals surface area contributed by atoms with Gasteiger partial charge in [-0.25, -0.2) is 9.31 Å². The third-order valence-electron chi connectivity index (χ3n) is 2.28. The first-order valence-electron chi connectivity index (χ1n) is 4.99. The minimum atomic E-state index is -0.552. The van der Waals surface area contributed by atoms with E-state index in [0.29, 0.717) is 10.3 Å². The lowest BCUT2D eigenvalue weighted by atomic mass is 10.3. The number of nitrogens with one attached hydrogen (secondary N) is 1. The van der Waals surface area contributed by atoms with Crippen LogP contribution < -0.4 is 5.56 Å². The van der Waals surface area contributed by atoms with Crippen LogP contribution in [0.25, 0.3) is 5.52 Å². The average molecular weight is 300 g/mol. The minimum Gasteiger partial charge on any atom is -0.462 e. The lowest BCUT2D eigenvalue weighted by molar-refractivity contribution is 0.0528. The second-order valence-electron chi connectivity index (χ2n) is 3.41. The molecular weight excluding hydrogens is 290 g/mol. The van der Waals surface area contributed by atoms with Crippen LogP contribution in [-0.2, 0) is 4.74 Å². The van der Waals surface area contributed by atoms with E-state index in [0.717, 1.165) is 0 Å². The largest absolute Gasteiger partial charge is 0.462 e. The van der Waals surface area contributed by atoms with E-state index in [2.05, 4.69) is 26.0 Å². The third-order valence-corrected chi connectivity index (χ3v) is 3.21. The Morgan fingerprint density at radius 2 is 2.35 bits per heavy atom. The lowest BCUT2D eigenvalue weighted by Crippen LogP contribution is -2.16. The van der Waals surface area contributed by atoms with E-state index in [1.54, 1.807) is 13.8 Å². The van der Waals surface area contributed by atoms with Gasteiger partial charge in [0.2, 0.25) is 0 Å². The van der Waals surface area contributed by atoms with Crippen LogP contribution in [0.2, 0.25) is 0 Å². The molecule has 0 radical (unpaired) electrons. The van der Waals surface area contributed by atoms with Gasteiger partial charge in [0.15, 0.2) is 0 Å². The Labute approximate surface area is 105 Å². The molecule has 6 nitrogen and oxygen atoms in total. The highest BCUT2D eigenvalue weighted by molar-refractivity contribution is 9.10. The van der Waals surface area contributed by atoms with Gasteiger partial charge in [0.25, 0.3) is 5.56 Å². The van der Waals surface area contributed by atoms with Crippen molar-refractivity contribution in [2.24, 2.45) is 0 Å². The van der Waals surface area contributed by atoms with Gasteiger partial charge in [-0.2, -0.15) is 5.10 Å². The number of hydrogen-bond acceptors (Lipinski definition) is 4. The first-order chi connectivity index (χ1) is 8.06. The molecule has 0 aliphatic heterocycles. The summed E-state index contributed by atoms with van der Waals surface area (Å²) in [4.78, 5) is 26.1. The van der Waals surface area contributed by atoms with Gasteiger partial charge in [0, 0.05) is 5.69 Å². The Hall–Kier alpha value is -1.63. The van der Waals surface area contributed by atoms with Crippen LogP contribution in [-0.4, -0.2) is 27.2 Å². The fourth-order valence-corrected chi connectivity index (χ4v) is 1.88. The molecule has 0 unspecified atom stereocenters. The number of aromatic amines is 1. The first kappa shape index (κ1) is 11.8. The SMILES string of the molecule is CCOC(=O)c1cnn2c(Br)c(C)[nH]c(=O)c12. The van der Waals surface area contributed by atoms with Crippen LogP contribution in [0.15, 0.2) is 15.6 Å². The first-order valence-corrected chi connectivity index (χ1v) is 5.78. The maximum absolute atomic E-state index is 11.8. The number of carbonyl (C=O) groups is 1. The molecule has 0 aliphatic rings. The number of nitrogens with zero attached hydrogens (tertiary/aromatic N) is 2. The molecular formula is C10H10BrN3O3. The second-order valence-corrected chi connectivity index (χ2v) is 4.16. The van der Waals surface area contributed by atoms with Crippen LogP contribution in [0.1, 0.15) is 23.0 Å². The summed E-state index contributed by atoms with van der Waals surface area (Å²) in [5.74, 6) is -0.552. The summed E-state index contributed by atoms with van der Waals surface area (Å²) in [6.45, 7) is 3.69. The van der Waals surface area contributed by atoms with Crippen molar-refractivity contribution in [3.8, 4) is 0 Å². The van der Waals surface area contributed by atoms with E-state index >= 15 is 0 Å². The van der Waals surface area contributed by atoms with Crippen LogP contribution >= 0.6 is 15.9 Å². The van der Waals surface area contributed by atoms with E-state index in [4.69, 9.17) is 4.74 Å². The monoisotopic (exact) mass is 299 g/mol. The van der Waals surface area contributed by atoms with Gasteiger partial charge in [0.05, 0.1) is 12.8 Å². The highest BCUT2D eigenvalue weighted by Gasteiger charge is 2.18. The normalized spacial score (nSPS) is 10.8. The molecule has 0 saturated heterocycles. The summed E-state index contributed by atoms with van der Waals surface area (Å²) < 4.78 is 6.83. The van der Waals surface area contributed by atoms with Crippen molar-refractivity contribution in [1.82, 2.24) is 14.6 Å². The Morgan fingerprint density at radius 3 is 3.00 bits per heavy atom. The van der Waals surface area contributed by atoms with Gasteiger partial charge in [-0.15, -0.1) is 0 Å². The molecule has 90 valence electrons. The predicted molar refractivity (Wildman–Crippen MR) is 64.2 cm³/mol. The number of rotatable bonds is 2. The van der Waals surface area contributed by atoms with Crippen molar-refractivity contribution in [2.75, 3.05) is 6.61 Å². The fourth-order valence-electron chi connectivity index (χ4n) is 1.51. The summed E-state index contributed by atoms with van der Waals surface area (Å²) >= 11 is 3.29. The molecule has 0 saturated carbocycles. The number of H-pyrrole nitrogens is 1. The van der Waals surface area contributed by atoms with Crippen LogP contribution in [0.3, 0.4) is 0 Å². The topological polar surface area (TPSA) is 76.5 Å². The number of aryl methyl sites for hydroxylation is 1. The molecule has 2 rings (SSSR count). The number of fused-ring (bicyclic) bond motifs is 1. The number of carbonyl (C=O) groups excluding carboxylic acids is 1. The highest BCUT2D eigenvalue weighted by atomic mass is 79.9. The maximum atomic E-state index is 11.8. The van der Waals surface area contributed by atoms with Crippen molar-refractivity contribution in [3.05, 3.63) is 32.4 Å². The minimum absolute atomic E-state index is 0.161. The van der Waals surface area contributed by atoms with E-state index in [9.17, 15) is 9.59 Å². The van der Waals surface area contributed by atoms with Crippen molar-refractivity contribution in [2.45, 2.75) is 13.8 Å². The lowest BCUT2D eigenvalue weighted by Gasteiger charge is -2.02. The number of ether oxygens (including phenoxy) is 1. The zero-order valence-corrected chi connectivity index (χ0v) is 10.9. The zero-order valence-electron chi connectivity index (χ0n) is 9.28. The summed E-state index contributed by atoms with van der Waals surface area (Å²) in [6.07, 6.45) is 1.33. The molecule has 0 spiro atoms. The highest BCUT2D eigenvalue weighted by Crippen LogP contribution is 2.16. The van der Waals surface area contributed by atoms with Crippen molar-refractivity contribution in [1.29, 1.82) is 0 Å². The van der Waals surface area contributed by atoms with E-state index in [-0.39, 0.29) is 23.2 Å². The Balaban J connectivity index is 2.73. The van der Waals surface area contributed by atoms with Crippen molar-refractivity contribution < 1.29 is 9.53 Å². The molecule has 0 bridgehead atoms. The third kappa shape index (κ3) is 1.86. The maximum Gasteiger partial charge on any atom is 0.342 e. The Bertz CT molecular complexity index is 644. The van der Waals surface area contributed by atoms with E-state index < -0.39 is 5.97 Å². The molecule has 0 fully saturated rings. The van der Waals surface area contributed by atoms with Gasteiger partial charge in [-0.3, -0.25) is 4.79 Å². The predicted octanol–water partition coefficient (Wildman–Crippen LogP) is 1.27. The molecule has 0 amide bonds. The van der Waals surface area contributed by atoms with Crippen LogP contribution in [0.4, 0.5) is 0 Å². The molecule has 1 N–H and O–H groups in total. The molecule has 2 aromatic heterocycles. The number of hydrogen-bond donors (Lipinski definition) is 1. The molecule has 7 heteroatoms. The average Bonchev–Trinajstić information content (AvgIpc) is 2.71. The smallest absolute Gasteiger partial charge is 0.342 e. The van der Waals surface area contributed by atoms with Gasteiger partial charge in [-0.1, -0.05) is 0 Å². The molecule has 0 aromatic carbocycles. The number of halogens is 1. The molecule has 2 aromatic rings. The van der Waals surface area contributed by atoms with Gasteiger partial charge in [0.1, 0.15) is 15.7 Å². The van der Waals surface area contributed by atoms with E-state index in [1.165, 1.54) is 10.7 Å². The molecule has 0 aliphatic carbocycles. The van der Waals surface area contributed by atoms with Gasteiger partial charge < -0.3 is 9.72 Å². The van der Waals surface area contributed by atoms with Crippen LogP contribution in [0, 0.1) is 6.92 Å². The second kappa shape index (κ2) is 4.33. The quantitative estimate of drug-likeness (QED) is 0.847. The Kier molecular flexibility index (Phi) is 3.01. The number of aromatic nitrogens is 3. The van der Waals surface area contributed by atoms with Gasteiger partial charge >= 0.3 is 5.97 Å². The van der Waals surface area contributed by atoms with Crippen LogP contribution in [0.5, 0.6) is 0 Å². The zero-order chi connectivity index (χ0) is 12.6. The fraction of sp³-hybridized carbons (Fsp3) is 0.300. The van der Waals surface area contributed by atoms with Crippen molar-refractivity contribution >= 4 is 27.4 Å². The summed E-state index contributed by atoms with van der Waals surface area (Å²) in [5, 5.41) is 3.99. The molecule has 17 heavy (non-hydrogen) atoms. The molecule has 2 heterocycles. The van der Waals surface area contributed by atoms with Crippen molar-refractivity contribution in [3.63, 3.8) is 0 Å². The van der Waals surface area contributed by atoms with Gasteiger partial charge in [-0.05, 0) is 29.8 Å². The summed E-state index contributed by atoms with van der Waals surface area (Å²) in [7, 11) is 0. The Morgan fingerprint density at radius 1 is 1.65 bits per heavy atom. The van der Waals surface area contributed by atoms with E-state index in [1.807, 2.05) is 0 Å². The molecule has 0 atom stereocenters.